The second-order valence-corrected chi connectivity index (χ2v) is 3.64. The second kappa shape index (κ2) is 5.27. The quantitative estimate of drug-likeness (QED) is 0.489. The smallest absolute Gasteiger partial charge is 0.314 e. The molecule has 2 aromatic rings. The zero-order valence-electron chi connectivity index (χ0n) is 10.0. The lowest BCUT2D eigenvalue weighted by Gasteiger charge is -2.07. The van der Waals surface area contributed by atoms with Gasteiger partial charge in [0.25, 0.3) is 0 Å². The number of para-hydroxylation sites is 1. The van der Waals surface area contributed by atoms with Crippen LogP contribution in [0.1, 0.15) is 5.56 Å². The van der Waals surface area contributed by atoms with Gasteiger partial charge in [0.15, 0.2) is 0 Å². The molecular formula is C11H11N5O3. The van der Waals surface area contributed by atoms with E-state index < -0.39 is 4.92 Å². The van der Waals surface area contributed by atoms with Gasteiger partial charge >= 0.3 is 5.69 Å². The van der Waals surface area contributed by atoms with Gasteiger partial charge in [-0.25, -0.2) is 10.8 Å². The summed E-state index contributed by atoms with van der Waals surface area (Å²) in [7, 11) is 0. The van der Waals surface area contributed by atoms with Crippen LogP contribution in [0, 0.1) is 17.0 Å². The summed E-state index contributed by atoms with van der Waals surface area (Å²) >= 11 is 0. The van der Waals surface area contributed by atoms with Gasteiger partial charge in [-0.1, -0.05) is 12.1 Å². The summed E-state index contributed by atoms with van der Waals surface area (Å²) in [4.78, 5) is 18.3. The van der Waals surface area contributed by atoms with Crippen molar-refractivity contribution in [3.05, 3.63) is 46.1 Å². The number of rotatable bonds is 4. The molecule has 0 aliphatic rings. The normalized spacial score (nSPS) is 10.0. The van der Waals surface area contributed by atoms with E-state index in [1.165, 1.54) is 18.3 Å². The molecule has 0 aliphatic carbocycles. The van der Waals surface area contributed by atoms with Crippen LogP contribution in [0.15, 0.2) is 30.5 Å². The Bertz CT molecular complexity index is 617. The Morgan fingerprint density at radius 2 is 2.21 bits per heavy atom. The van der Waals surface area contributed by atoms with Crippen molar-refractivity contribution in [1.82, 2.24) is 9.97 Å². The molecule has 0 fully saturated rings. The minimum absolute atomic E-state index is 0.0941. The zero-order valence-corrected chi connectivity index (χ0v) is 10.0. The highest BCUT2D eigenvalue weighted by atomic mass is 16.6. The maximum atomic E-state index is 11.0. The molecule has 0 atom stereocenters. The molecule has 1 aromatic carbocycles. The van der Waals surface area contributed by atoms with E-state index in [-0.39, 0.29) is 23.3 Å². The largest absolute Gasteiger partial charge is 0.432 e. The number of hydrazine groups is 1. The van der Waals surface area contributed by atoms with E-state index in [9.17, 15) is 10.1 Å². The summed E-state index contributed by atoms with van der Waals surface area (Å²) < 4.78 is 5.41. The van der Waals surface area contributed by atoms with E-state index in [1.54, 1.807) is 19.1 Å². The molecule has 0 radical (unpaired) electrons. The van der Waals surface area contributed by atoms with Gasteiger partial charge in [0, 0.05) is 17.8 Å². The van der Waals surface area contributed by atoms with Gasteiger partial charge in [0.05, 0.1) is 4.92 Å². The van der Waals surface area contributed by atoms with Crippen LogP contribution in [0.4, 0.5) is 11.6 Å². The van der Waals surface area contributed by atoms with Gasteiger partial charge in [0.1, 0.15) is 0 Å². The summed E-state index contributed by atoms with van der Waals surface area (Å²) in [6, 6.07) is 6.29. The standard InChI is InChI=1S/C11H11N5O3/c1-7-3-2-4-8(10(7)16(17)18)19-9-5-6-13-11(14-9)15-12/h2-6H,12H2,1H3,(H,13,14,15). The summed E-state index contributed by atoms with van der Waals surface area (Å²) in [5.74, 6) is 5.62. The molecular weight excluding hydrogens is 250 g/mol. The number of nitro groups is 1. The molecule has 1 heterocycles. The fraction of sp³-hybridized carbons (Fsp3) is 0.0909. The highest BCUT2D eigenvalue weighted by Crippen LogP contribution is 2.33. The number of aryl methyl sites for hydroxylation is 1. The van der Waals surface area contributed by atoms with Gasteiger partial charge in [-0.3, -0.25) is 15.5 Å². The number of nitrogens with zero attached hydrogens (tertiary/aromatic N) is 3. The molecule has 19 heavy (non-hydrogen) atoms. The fourth-order valence-corrected chi connectivity index (χ4v) is 1.53. The number of anilines is 1. The number of benzene rings is 1. The first-order valence-electron chi connectivity index (χ1n) is 5.33. The molecule has 0 bridgehead atoms. The molecule has 8 heteroatoms. The summed E-state index contributed by atoms with van der Waals surface area (Å²) in [6.07, 6.45) is 1.43. The molecule has 0 unspecified atom stereocenters. The van der Waals surface area contributed by atoms with Crippen LogP contribution in [0.2, 0.25) is 0 Å². The molecule has 0 saturated heterocycles. The number of ether oxygens (including phenoxy) is 1. The van der Waals surface area contributed by atoms with E-state index >= 15 is 0 Å². The van der Waals surface area contributed by atoms with Crippen molar-refractivity contribution in [1.29, 1.82) is 0 Å². The van der Waals surface area contributed by atoms with Gasteiger partial charge in [0.2, 0.25) is 17.6 Å². The highest BCUT2D eigenvalue weighted by Gasteiger charge is 2.19. The Morgan fingerprint density at radius 3 is 2.89 bits per heavy atom. The number of nitrogen functional groups attached to an aromatic ring is 1. The number of hydrogen-bond donors (Lipinski definition) is 2. The molecule has 8 nitrogen and oxygen atoms in total. The first kappa shape index (κ1) is 12.7. The van der Waals surface area contributed by atoms with Crippen LogP contribution in [-0.4, -0.2) is 14.9 Å². The van der Waals surface area contributed by atoms with E-state index in [1.807, 2.05) is 0 Å². The predicted molar refractivity (Wildman–Crippen MR) is 67.7 cm³/mol. The second-order valence-electron chi connectivity index (χ2n) is 3.64. The van der Waals surface area contributed by atoms with Crippen LogP contribution >= 0.6 is 0 Å². The van der Waals surface area contributed by atoms with Crippen molar-refractivity contribution >= 4 is 11.6 Å². The van der Waals surface area contributed by atoms with Gasteiger partial charge in [-0.05, 0) is 13.0 Å². The Hall–Kier alpha value is -2.74. The van der Waals surface area contributed by atoms with E-state index in [4.69, 9.17) is 10.6 Å². The lowest BCUT2D eigenvalue weighted by atomic mass is 10.2. The van der Waals surface area contributed by atoms with Crippen LogP contribution in [-0.2, 0) is 0 Å². The summed E-state index contributed by atoms with van der Waals surface area (Å²) in [5, 5.41) is 11.0. The fourth-order valence-electron chi connectivity index (χ4n) is 1.53. The Labute approximate surface area is 108 Å². The highest BCUT2D eigenvalue weighted by molar-refractivity contribution is 5.53. The zero-order chi connectivity index (χ0) is 13.8. The maximum Gasteiger partial charge on any atom is 0.314 e. The van der Waals surface area contributed by atoms with Crippen molar-refractivity contribution in [2.75, 3.05) is 5.43 Å². The monoisotopic (exact) mass is 261 g/mol. The average molecular weight is 261 g/mol. The number of hydrogen-bond acceptors (Lipinski definition) is 7. The van der Waals surface area contributed by atoms with Gasteiger partial charge in [-0.2, -0.15) is 4.98 Å². The van der Waals surface area contributed by atoms with Crippen LogP contribution in [0.3, 0.4) is 0 Å². The third-order valence-corrected chi connectivity index (χ3v) is 2.36. The van der Waals surface area contributed by atoms with Gasteiger partial charge in [-0.15, -0.1) is 0 Å². The number of nitro benzene ring substituents is 1. The third-order valence-electron chi connectivity index (χ3n) is 2.36. The Kier molecular flexibility index (Phi) is 3.53. The van der Waals surface area contributed by atoms with E-state index in [0.717, 1.165) is 0 Å². The van der Waals surface area contributed by atoms with Crippen molar-refractivity contribution in [2.24, 2.45) is 5.84 Å². The van der Waals surface area contributed by atoms with Crippen molar-refractivity contribution in [2.45, 2.75) is 6.92 Å². The summed E-state index contributed by atoms with van der Waals surface area (Å²) in [5.41, 5.74) is 2.68. The van der Waals surface area contributed by atoms with Crippen molar-refractivity contribution in [3.63, 3.8) is 0 Å². The molecule has 0 spiro atoms. The minimum Gasteiger partial charge on any atom is -0.432 e. The van der Waals surface area contributed by atoms with Crippen LogP contribution < -0.4 is 16.0 Å². The van der Waals surface area contributed by atoms with E-state index in [0.29, 0.717) is 5.56 Å². The van der Waals surface area contributed by atoms with Crippen LogP contribution in [0.25, 0.3) is 0 Å². The third kappa shape index (κ3) is 2.75. The SMILES string of the molecule is Cc1cccc(Oc2ccnc(NN)n2)c1[N+](=O)[O-]. The van der Waals surface area contributed by atoms with Crippen LogP contribution in [0.5, 0.6) is 11.6 Å². The van der Waals surface area contributed by atoms with Crippen molar-refractivity contribution < 1.29 is 9.66 Å². The lowest BCUT2D eigenvalue weighted by molar-refractivity contribution is -0.386. The minimum atomic E-state index is -0.492. The maximum absolute atomic E-state index is 11.0. The molecule has 98 valence electrons. The topological polar surface area (TPSA) is 116 Å². The molecule has 0 aliphatic heterocycles. The number of nitrogens with one attached hydrogen (secondary N) is 1. The lowest BCUT2D eigenvalue weighted by Crippen LogP contribution is -2.10. The van der Waals surface area contributed by atoms with Crippen molar-refractivity contribution in [3.8, 4) is 11.6 Å². The molecule has 0 amide bonds. The Balaban J connectivity index is 2.38. The number of aromatic nitrogens is 2. The first-order valence-corrected chi connectivity index (χ1v) is 5.33. The molecule has 2 rings (SSSR count). The van der Waals surface area contributed by atoms with E-state index in [2.05, 4.69) is 15.4 Å². The molecule has 1 aromatic heterocycles. The Morgan fingerprint density at radius 1 is 1.42 bits per heavy atom. The summed E-state index contributed by atoms with van der Waals surface area (Å²) in [6.45, 7) is 1.64. The molecule has 0 saturated carbocycles. The predicted octanol–water partition coefficient (Wildman–Crippen LogP) is 1.77. The average Bonchev–Trinajstić information content (AvgIpc) is 2.38. The first-order chi connectivity index (χ1) is 9.11. The van der Waals surface area contributed by atoms with Gasteiger partial charge < -0.3 is 4.74 Å². The molecule has 3 N–H and O–H groups in total. The number of nitrogens with two attached hydrogens (primary N) is 1.